The topological polar surface area (TPSA) is 64.4 Å². The zero-order chi connectivity index (χ0) is 15.4. The van der Waals surface area contributed by atoms with Crippen LogP contribution in [-0.4, -0.2) is 12.0 Å². The minimum Gasteiger partial charge on any atom is -0.496 e. The molecule has 0 aliphatic carbocycles. The Hall–Kier alpha value is -2.15. The molecule has 0 saturated heterocycles. The van der Waals surface area contributed by atoms with Crippen molar-refractivity contribution in [1.29, 1.82) is 0 Å². The number of anilines is 1. The number of nitrogens with zero attached hydrogens (tertiary/aromatic N) is 1. The molecule has 2 rings (SSSR count). The first-order valence-electron chi connectivity index (χ1n) is 6.01. The first-order valence-corrected chi connectivity index (χ1v) is 6.81. The average molecular weight is 355 g/mol. The van der Waals surface area contributed by atoms with Crippen molar-refractivity contribution in [3.8, 4) is 5.75 Å². The fourth-order valence-corrected chi connectivity index (χ4v) is 2.41. The number of ether oxygens (including phenoxy) is 1. The molecule has 110 valence electrons. The molecule has 1 N–H and O–H groups in total. The Labute approximate surface area is 129 Å². The number of halogens is 2. The zero-order valence-corrected chi connectivity index (χ0v) is 12.7. The number of nitro benzene ring substituents is 1. The predicted octanol–water partition coefficient (Wildman–Crippen LogP) is 4.12. The molecule has 0 heterocycles. The maximum Gasteiger partial charge on any atom is 0.292 e. The predicted molar refractivity (Wildman–Crippen MR) is 81.1 cm³/mol. The highest BCUT2D eigenvalue weighted by Crippen LogP contribution is 2.28. The fraction of sp³-hybridized carbons (Fsp3) is 0.143. The molecular weight excluding hydrogens is 343 g/mol. The van der Waals surface area contributed by atoms with E-state index < -0.39 is 10.7 Å². The van der Waals surface area contributed by atoms with Gasteiger partial charge in [0.2, 0.25) is 0 Å². The van der Waals surface area contributed by atoms with Crippen LogP contribution in [0.3, 0.4) is 0 Å². The van der Waals surface area contributed by atoms with Crippen LogP contribution in [0.1, 0.15) is 5.56 Å². The van der Waals surface area contributed by atoms with Gasteiger partial charge in [-0.3, -0.25) is 10.1 Å². The van der Waals surface area contributed by atoms with Crippen LogP contribution in [0.4, 0.5) is 15.8 Å². The lowest BCUT2D eigenvalue weighted by Crippen LogP contribution is -2.03. The molecule has 7 heteroatoms. The Bertz CT molecular complexity index is 679. The number of hydrogen-bond donors (Lipinski definition) is 1. The van der Waals surface area contributed by atoms with Crippen molar-refractivity contribution in [3.63, 3.8) is 0 Å². The maximum atomic E-state index is 13.2. The molecular formula is C14H12BrFN2O3. The van der Waals surface area contributed by atoms with Gasteiger partial charge in [0.15, 0.2) is 0 Å². The lowest BCUT2D eigenvalue weighted by Gasteiger charge is -2.09. The Balaban J connectivity index is 2.18. The van der Waals surface area contributed by atoms with E-state index in [0.29, 0.717) is 12.3 Å². The average Bonchev–Trinajstić information content (AvgIpc) is 2.45. The van der Waals surface area contributed by atoms with Crippen molar-refractivity contribution in [2.24, 2.45) is 0 Å². The summed E-state index contributed by atoms with van der Waals surface area (Å²) >= 11 is 3.36. The van der Waals surface area contributed by atoms with Gasteiger partial charge in [-0.2, -0.15) is 0 Å². The highest BCUT2D eigenvalue weighted by molar-refractivity contribution is 9.10. The van der Waals surface area contributed by atoms with Gasteiger partial charge in [-0.25, -0.2) is 4.39 Å². The first kappa shape index (κ1) is 15.2. The SMILES string of the molecule is COc1ccc(CNc2cc(F)ccc2[N+](=O)[O-])cc1Br. The molecule has 0 unspecified atom stereocenters. The lowest BCUT2D eigenvalue weighted by molar-refractivity contribution is -0.384. The summed E-state index contributed by atoms with van der Waals surface area (Å²) in [6, 6.07) is 8.74. The molecule has 2 aromatic rings. The fourth-order valence-electron chi connectivity index (χ4n) is 1.83. The second kappa shape index (κ2) is 6.53. The van der Waals surface area contributed by atoms with Gasteiger partial charge in [-0.1, -0.05) is 6.07 Å². The van der Waals surface area contributed by atoms with Crippen molar-refractivity contribution in [3.05, 3.63) is 62.4 Å². The number of methoxy groups -OCH3 is 1. The quantitative estimate of drug-likeness (QED) is 0.647. The molecule has 0 aromatic heterocycles. The molecule has 0 radical (unpaired) electrons. The zero-order valence-electron chi connectivity index (χ0n) is 11.1. The van der Waals surface area contributed by atoms with E-state index in [9.17, 15) is 14.5 Å². The molecule has 0 fully saturated rings. The molecule has 0 amide bonds. The van der Waals surface area contributed by atoms with Crippen molar-refractivity contribution in [1.82, 2.24) is 0 Å². The molecule has 2 aromatic carbocycles. The van der Waals surface area contributed by atoms with Crippen LogP contribution < -0.4 is 10.1 Å². The van der Waals surface area contributed by atoms with Gasteiger partial charge in [0.05, 0.1) is 16.5 Å². The third kappa shape index (κ3) is 3.69. The van der Waals surface area contributed by atoms with Gasteiger partial charge >= 0.3 is 0 Å². The highest BCUT2D eigenvalue weighted by atomic mass is 79.9. The van der Waals surface area contributed by atoms with Crippen LogP contribution in [0.5, 0.6) is 5.75 Å². The third-order valence-corrected chi connectivity index (χ3v) is 3.47. The van der Waals surface area contributed by atoms with Crippen molar-refractivity contribution < 1.29 is 14.1 Å². The molecule has 0 bridgehead atoms. The molecule has 0 aliphatic rings. The van der Waals surface area contributed by atoms with E-state index in [2.05, 4.69) is 21.2 Å². The largest absolute Gasteiger partial charge is 0.496 e. The normalized spacial score (nSPS) is 10.2. The van der Waals surface area contributed by atoms with Gasteiger partial charge in [-0.05, 0) is 39.7 Å². The van der Waals surface area contributed by atoms with E-state index >= 15 is 0 Å². The first-order chi connectivity index (χ1) is 10.0. The Morgan fingerprint density at radius 2 is 2.10 bits per heavy atom. The summed E-state index contributed by atoms with van der Waals surface area (Å²) in [5.41, 5.74) is 0.858. The lowest BCUT2D eigenvalue weighted by atomic mass is 10.2. The molecule has 0 atom stereocenters. The maximum absolute atomic E-state index is 13.2. The number of rotatable bonds is 5. The summed E-state index contributed by atoms with van der Waals surface area (Å²) in [7, 11) is 1.56. The number of nitro groups is 1. The molecule has 0 saturated carbocycles. The monoisotopic (exact) mass is 354 g/mol. The molecule has 21 heavy (non-hydrogen) atoms. The summed E-state index contributed by atoms with van der Waals surface area (Å²) in [5.74, 6) is 0.162. The summed E-state index contributed by atoms with van der Waals surface area (Å²) in [5, 5.41) is 13.8. The van der Waals surface area contributed by atoms with Crippen LogP contribution in [-0.2, 0) is 6.54 Å². The highest BCUT2D eigenvalue weighted by Gasteiger charge is 2.14. The van der Waals surface area contributed by atoms with E-state index in [1.54, 1.807) is 13.2 Å². The van der Waals surface area contributed by atoms with Gasteiger partial charge in [0, 0.05) is 18.7 Å². The van der Waals surface area contributed by atoms with E-state index in [4.69, 9.17) is 4.74 Å². The van der Waals surface area contributed by atoms with Crippen LogP contribution in [0.25, 0.3) is 0 Å². The second-order valence-electron chi connectivity index (χ2n) is 4.24. The van der Waals surface area contributed by atoms with Crippen molar-refractivity contribution >= 4 is 27.3 Å². The van der Waals surface area contributed by atoms with Crippen LogP contribution in [0.2, 0.25) is 0 Å². The molecule has 0 aliphatic heterocycles. The third-order valence-electron chi connectivity index (χ3n) is 2.85. The van der Waals surface area contributed by atoms with E-state index in [1.807, 2.05) is 12.1 Å². The summed E-state index contributed by atoms with van der Waals surface area (Å²) in [6.45, 7) is 0.326. The minimum atomic E-state index is -0.550. The second-order valence-corrected chi connectivity index (χ2v) is 5.10. The van der Waals surface area contributed by atoms with Crippen LogP contribution in [0.15, 0.2) is 40.9 Å². The summed E-state index contributed by atoms with van der Waals surface area (Å²) < 4.78 is 19.1. The van der Waals surface area contributed by atoms with Crippen LogP contribution >= 0.6 is 15.9 Å². The van der Waals surface area contributed by atoms with E-state index in [-0.39, 0.29) is 11.4 Å². The number of benzene rings is 2. The van der Waals surface area contributed by atoms with E-state index in [1.165, 1.54) is 0 Å². The number of hydrogen-bond acceptors (Lipinski definition) is 4. The standard InChI is InChI=1S/C14H12BrFN2O3/c1-21-14-5-2-9(6-11(14)15)8-17-12-7-10(16)3-4-13(12)18(19)20/h2-7,17H,8H2,1H3. The Kier molecular flexibility index (Phi) is 4.74. The summed E-state index contributed by atoms with van der Waals surface area (Å²) in [4.78, 5) is 10.4. The van der Waals surface area contributed by atoms with Gasteiger partial charge in [0.1, 0.15) is 17.3 Å². The Morgan fingerprint density at radius 1 is 1.33 bits per heavy atom. The Morgan fingerprint density at radius 3 is 2.71 bits per heavy atom. The summed E-state index contributed by atoms with van der Waals surface area (Å²) in [6.07, 6.45) is 0. The molecule has 0 spiro atoms. The molecule has 5 nitrogen and oxygen atoms in total. The minimum absolute atomic E-state index is 0.145. The smallest absolute Gasteiger partial charge is 0.292 e. The van der Waals surface area contributed by atoms with Crippen molar-refractivity contribution in [2.45, 2.75) is 6.54 Å². The van der Waals surface area contributed by atoms with Gasteiger partial charge in [-0.15, -0.1) is 0 Å². The van der Waals surface area contributed by atoms with Gasteiger partial charge < -0.3 is 10.1 Å². The van der Waals surface area contributed by atoms with E-state index in [0.717, 1.165) is 28.2 Å². The van der Waals surface area contributed by atoms with Crippen molar-refractivity contribution in [2.75, 3.05) is 12.4 Å². The van der Waals surface area contributed by atoms with Crippen LogP contribution in [0, 0.1) is 15.9 Å². The van der Waals surface area contributed by atoms with Gasteiger partial charge in [0.25, 0.3) is 5.69 Å². The number of nitrogens with one attached hydrogen (secondary N) is 1.